The molecule has 4 rings (SSSR count). The Morgan fingerprint density at radius 3 is 2.38 bits per heavy atom. The van der Waals surface area contributed by atoms with Gasteiger partial charge in [-0.3, -0.25) is 4.79 Å². The van der Waals surface area contributed by atoms with Crippen LogP contribution in [0.4, 0.5) is 0 Å². The summed E-state index contributed by atoms with van der Waals surface area (Å²) < 4.78 is 33.8. The van der Waals surface area contributed by atoms with E-state index >= 15 is 0 Å². The molecular formula is C22H19NO5S. The molecule has 7 heteroatoms. The maximum absolute atomic E-state index is 12.9. The maximum Gasteiger partial charge on any atom is 0.321 e. The lowest BCUT2D eigenvalue weighted by atomic mass is 10.1. The van der Waals surface area contributed by atoms with Crippen LogP contribution in [0.5, 0.6) is 0 Å². The quantitative estimate of drug-likeness (QED) is 0.482. The number of hydrogen-bond acceptors (Lipinski definition) is 4. The van der Waals surface area contributed by atoms with Crippen LogP contribution in [0.15, 0.2) is 82.1 Å². The number of carboxylic acid groups (broad SMARTS) is 1. The third-order valence-corrected chi connectivity index (χ3v) is 6.29. The Kier molecular flexibility index (Phi) is 5.08. The number of nitrogens with one attached hydrogen (secondary N) is 1. The van der Waals surface area contributed by atoms with Crippen LogP contribution in [0.25, 0.3) is 21.9 Å². The van der Waals surface area contributed by atoms with Gasteiger partial charge in [0.05, 0.1) is 4.90 Å². The minimum absolute atomic E-state index is 0.00233. The topological polar surface area (TPSA) is 96.6 Å². The molecule has 3 aromatic carbocycles. The fourth-order valence-electron chi connectivity index (χ4n) is 3.32. The van der Waals surface area contributed by atoms with Crippen LogP contribution in [0.1, 0.15) is 12.0 Å². The Morgan fingerprint density at radius 1 is 0.931 bits per heavy atom. The van der Waals surface area contributed by atoms with Gasteiger partial charge in [-0.05, 0) is 42.7 Å². The number of carboxylic acids is 1. The Labute approximate surface area is 167 Å². The number of fused-ring (bicyclic) bond motifs is 3. The minimum Gasteiger partial charge on any atom is -0.480 e. The average molecular weight is 409 g/mol. The Bertz CT molecular complexity index is 1280. The van der Waals surface area contributed by atoms with Crippen LogP contribution in [-0.2, 0) is 21.2 Å². The number of rotatable bonds is 7. The van der Waals surface area contributed by atoms with Crippen molar-refractivity contribution in [3.05, 3.63) is 78.4 Å². The van der Waals surface area contributed by atoms with Gasteiger partial charge in [0.25, 0.3) is 0 Å². The molecule has 4 aromatic rings. The standard InChI is InChI=1S/C22H19NO5S/c24-22(25)19(12-10-15-6-2-1-3-7-15)23-29(26,27)16-11-13-21-18(14-16)17-8-4-5-9-20(17)28-21/h1-9,11,13-14,19,23H,10,12H2,(H,24,25)/t19-/m0/s1. The molecule has 0 fully saturated rings. The lowest BCUT2D eigenvalue weighted by molar-refractivity contribution is -0.139. The van der Waals surface area contributed by atoms with E-state index in [0.717, 1.165) is 10.9 Å². The molecule has 6 nitrogen and oxygen atoms in total. The van der Waals surface area contributed by atoms with Crippen LogP contribution in [-0.4, -0.2) is 25.5 Å². The molecule has 0 amide bonds. The lowest BCUT2D eigenvalue weighted by Crippen LogP contribution is -2.41. The van der Waals surface area contributed by atoms with Crippen molar-refractivity contribution < 1.29 is 22.7 Å². The highest BCUT2D eigenvalue weighted by atomic mass is 32.2. The molecule has 0 saturated carbocycles. The third-order valence-electron chi connectivity index (χ3n) is 4.82. The smallest absolute Gasteiger partial charge is 0.321 e. The molecule has 0 saturated heterocycles. The van der Waals surface area contributed by atoms with Gasteiger partial charge < -0.3 is 9.52 Å². The van der Waals surface area contributed by atoms with Gasteiger partial charge in [-0.1, -0.05) is 48.5 Å². The summed E-state index contributed by atoms with van der Waals surface area (Å²) >= 11 is 0. The van der Waals surface area contributed by atoms with Crippen molar-refractivity contribution >= 4 is 37.9 Å². The summed E-state index contributed by atoms with van der Waals surface area (Å²) in [5.41, 5.74) is 2.18. The fourth-order valence-corrected chi connectivity index (χ4v) is 4.57. The molecule has 0 bridgehead atoms. The number of para-hydroxylation sites is 1. The average Bonchev–Trinajstić information content (AvgIpc) is 3.09. The summed E-state index contributed by atoms with van der Waals surface area (Å²) in [6, 6.07) is 20.0. The van der Waals surface area contributed by atoms with Crippen LogP contribution in [0.3, 0.4) is 0 Å². The molecule has 0 aliphatic heterocycles. The van der Waals surface area contributed by atoms with E-state index in [4.69, 9.17) is 4.42 Å². The summed E-state index contributed by atoms with van der Waals surface area (Å²) in [4.78, 5) is 11.6. The molecule has 0 spiro atoms. The van der Waals surface area contributed by atoms with Gasteiger partial charge in [0.1, 0.15) is 17.2 Å². The number of sulfonamides is 1. The zero-order chi connectivity index (χ0) is 20.4. The Morgan fingerprint density at radius 2 is 1.62 bits per heavy atom. The summed E-state index contributed by atoms with van der Waals surface area (Å²) in [6.45, 7) is 0. The lowest BCUT2D eigenvalue weighted by Gasteiger charge is -2.15. The van der Waals surface area contributed by atoms with Crippen LogP contribution in [0.2, 0.25) is 0 Å². The van der Waals surface area contributed by atoms with Crippen molar-refractivity contribution in [2.24, 2.45) is 0 Å². The molecule has 1 heterocycles. The normalized spacial score (nSPS) is 13.0. The Balaban J connectivity index is 1.60. The first-order chi connectivity index (χ1) is 13.9. The first-order valence-corrected chi connectivity index (χ1v) is 10.6. The summed E-state index contributed by atoms with van der Waals surface area (Å²) in [5, 5.41) is 11.0. The van der Waals surface area contributed by atoms with E-state index in [2.05, 4.69) is 4.72 Å². The van der Waals surface area contributed by atoms with E-state index in [-0.39, 0.29) is 11.3 Å². The fraction of sp³-hybridized carbons (Fsp3) is 0.136. The molecule has 0 radical (unpaired) electrons. The van der Waals surface area contributed by atoms with Crippen molar-refractivity contribution in [1.29, 1.82) is 0 Å². The predicted octanol–water partition coefficient (Wildman–Crippen LogP) is 3.95. The molecule has 29 heavy (non-hydrogen) atoms. The van der Waals surface area contributed by atoms with Gasteiger partial charge in [0.15, 0.2) is 0 Å². The molecule has 0 aliphatic rings. The van der Waals surface area contributed by atoms with E-state index in [1.165, 1.54) is 12.1 Å². The number of aryl methyl sites for hydroxylation is 1. The Hall–Kier alpha value is -3.16. The van der Waals surface area contributed by atoms with Crippen molar-refractivity contribution in [3.63, 3.8) is 0 Å². The first-order valence-electron chi connectivity index (χ1n) is 9.14. The number of aliphatic carboxylic acids is 1. The summed E-state index contributed by atoms with van der Waals surface area (Å²) in [6.07, 6.45) is 0.598. The van der Waals surface area contributed by atoms with Gasteiger partial charge in [-0.15, -0.1) is 0 Å². The molecule has 148 valence electrons. The number of hydrogen-bond donors (Lipinski definition) is 2. The molecule has 2 N–H and O–H groups in total. The zero-order valence-electron chi connectivity index (χ0n) is 15.4. The predicted molar refractivity (Wildman–Crippen MR) is 110 cm³/mol. The molecule has 1 atom stereocenters. The van der Waals surface area contributed by atoms with E-state index in [9.17, 15) is 18.3 Å². The van der Waals surface area contributed by atoms with E-state index in [0.29, 0.717) is 23.0 Å². The summed E-state index contributed by atoms with van der Waals surface area (Å²) in [7, 11) is -4.02. The van der Waals surface area contributed by atoms with Gasteiger partial charge in [0, 0.05) is 10.8 Å². The van der Waals surface area contributed by atoms with Gasteiger partial charge in [0.2, 0.25) is 10.0 Å². The SMILES string of the molecule is O=C(O)[C@H](CCc1ccccc1)NS(=O)(=O)c1ccc2oc3ccccc3c2c1. The van der Waals surface area contributed by atoms with Crippen LogP contribution < -0.4 is 4.72 Å². The molecule has 1 aromatic heterocycles. The minimum atomic E-state index is -4.02. The highest BCUT2D eigenvalue weighted by Gasteiger charge is 2.26. The van der Waals surface area contributed by atoms with Crippen molar-refractivity contribution in [2.45, 2.75) is 23.8 Å². The van der Waals surface area contributed by atoms with Crippen molar-refractivity contribution in [1.82, 2.24) is 4.72 Å². The van der Waals surface area contributed by atoms with Crippen molar-refractivity contribution in [2.75, 3.05) is 0 Å². The second-order valence-electron chi connectivity index (χ2n) is 6.79. The number of furan rings is 1. The van der Waals surface area contributed by atoms with Crippen molar-refractivity contribution in [3.8, 4) is 0 Å². The van der Waals surface area contributed by atoms with Crippen LogP contribution in [0, 0.1) is 0 Å². The second-order valence-corrected chi connectivity index (χ2v) is 8.51. The monoisotopic (exact) mass is 409 g/mol. The molecular weight excluding hydrogens is 390 g/mol. The van der Waals surface area contributed by atoms with Gasteiger partial charge in [-0.2, -0.15) is 4.72 Å². The summed E-state index contributed by atoms with van der Waals surface area (Å²) in [5.74, 6) is -1.21. The number of benzene rings is 3. The van der Waals surface area contributed by atoms with E-state index in [1.54, 1.807) is 6.07 Å². The maximum atomic E-state index is 12.9. The highest BCUT2D eigenvalue weighted by Crippen LogP contribution is 2.30. The number of carbonyl (C=O) groups is 1. The first kappa shape index (κ1) is 19.2. The molecule has 0 aliphatic carbocycles. The zero-order valence-corrected chi connectivity index (χ0v) is 16.2. The van der Waals surface area contributed by atoms with E-state index in [1.807, 2.05) is 54.6 Å². The van der Waals surface area contributed by atoms with Gasteiger partial charge in [-0.25, -0.2) is 8.42 Å². The largest absolute Gasteiger partial charge is 0.480 e. The molecule has 0 unspecified atom stereocenters. The van der Waals surface area contributed by atoms with E-state index < -0.39 is 22.0 Å². The second kappa shape index (κ2) is 7.69. The van der Waals surface area contributed by atoms with Gasteiger partial charge >= 0.3 is 5.97 Å². The highest BCUT2D eigenvalue weighted by molar-refractivity contribution is 7.89. The van der Waals surface area contributed by atoms with Crippen LogP contribution >= 0.6 is 0 Å². The third kappa shape index (κ3) is 4.01.